The molecular weight excluding hydrogens is 445 g/mol. The zero-order valence-corrected chi connectivity index (χ0v) is 19.9. The molecule has 2 amide bonds. The van der Waals surface area contributed by atoms with Crippen molar-refractivity contribution in [1.29, 1.82) is 0 Å². The Morgan fingerprint density at radius 2 is 1.69 bits per heavy atom. The van der Waals surface area contributed by atoms with Gasteiger partial charge in [-0.15, -0.1) is 10.2 Å². The average Bonchev–Trinajstić information content (AvgIpc) is 3.15. The van der Waals surface area contributed by atoms with Gasteiger partial charge >= 0.3 is 0 Å². The van der Waals surface area contributed by atoms with Crippen LogP contribution >= 0.6 is 0 Å². The van der Waals surface area contributed by atoms with Crippen LogP contribution in [0.2, 0.25) is 0 Å². The summed E-state index contributed by atoms with van der Waals surface area (Å²) in [4.78, 5) is 31.3. The van der Waals surface area contributed by atoms with Gasteiger partial charge in [-0.2, -0.15) is 0 Å². The molecule has 0 atom stereocenters. The van der Waals surface area contributed by atoms with Crippen LogP contribution in [0.15, 0.2) is 66.7 Å². The van der Waals surface area contributed by atoms with E-state index >= 15 is 0 Å². The number of hydrogen-bond acceptors (Lipinski definition) is 5. The third-order valence-electron chi connectivity index (χ3n) is 6.22. The van der Waals surface area contributed by atoms with Crippen molar-refractivity contribution in [2.75, 3.05) is 44.2 Å². The molecule has 7 nitrogen and oxygen atoms in total. The predicted molar refractivity (Wildman–Crippen MR) is 133 cm³/mol. The highest BCUT2D eigenvalue weighted by atomic mass is 19.1. The molecule has 182 valence electrons. The van der Waals surface area contributed by atoms with Crippen LogP contribution in [0.3, 0.4) is 0 Å². The zero-order valence-electron chi connectivity index (χ0n) is 19.9. The van der Waals surface area contributed by atoms with Crippen molar-refractivity contribution in [3.8, 4) is 11.3 Å². The standard InChI is InChI=1S/C27H30FN5O2/c1-2-31(26(34)19-21-7-4-3-5-8-21)20-27(35)33-16-6-15-32(17-18-33)25-14-13-24(29-30-25)22-9-11-23(28)12-10-22/h3-5,7-14H,2,6,15-20H2,1H3. The first kappa shape index (κ1) is 24.3. The molecule has 1 aliphatic heterocycles. The number of benzene rings is 2. The van der Waals surface area contributed by atoms with Gasteiger partial charge in [0, 0.05) is 38.3 Å². The summed E-state index contributed by atoms with van der Waals surface area (Å²) < 4.78 is 13.2. The highest BCUT2D eigenvalue weighted by Crippen LogP contribution is 2.20. The van der Waals surface area contributed by atoms with E-state index in [1.54, 1.807) is 17.0 Å². The van der Waals surface area contributed by atoms with Crippen LogP contribution in [0.25, 0.3) is 11.3 Å². The maximum atomic E-state index is 13.2. The fraction of sp³-hybridized carbons (Fsp3) is 0.333. The smallest absolute Gasteiger partial charge is 0.242 e. The van der Waals surface area contributed by atoms with Gasteiger partial charge in [0.05, 0.1) is 18.7 Å². The summed E-state index contributed by atoms with van der Waals surface area (Å²) in [6.45, 7) is 5.08. The van der Waals surface area contributed by atoms with E-state index in [4.69, 9.17) is 0 Å². The number of rotatable bonds is 7. The van der Waals surface area contributed by atoms with Crippen molar-refractivity contribution in [2.24, 2.45) is 0 Å². The number of likely N-dealkylation sites (N-methyl/N-ethyl adjacent to an activating group) is 1. The van der Waals surface area contributed by atoms with Crippen LogP contribution in [-0.2, 0) is 16.0 Å². The minimum atomic E-state index is -0.287. The molecule has 35 heavy (non-hydrogen) atoms. The first-order valence-corrected chi connectivity index (χ1v) is 12.0. The van der Waals surface area contributed by atoms with E-state index < -0.39 is 0 Å². The van der Waals surface area contributed by atoms with Crippen LogP contribution in [0.1, 0.15) is 18.9 Å². The largest absolute Gasteiger partial charge is 0.353 e. The number of hydrogen-bond donors (Lipinski definition) is 0. The van der Waals surface area contributed by atoms with E-state index in [-0.39, 0.29) is 24.2 Å². The minimum Gasteiger partial charge on any atom is -0.353 e. The summed E-state index contributed by atoms with van der Waals surface area (Å²) >= 11 is 0. The molecular formula is C27H30FN5O2. The summed E-state index contributed by atoms with van der Waals surface area (Å²) in [5, 5.41) is 8.67. The normalized spacial score (nSPS) is 13.9. The molecule has 2 aromatic carbocycles. The van der Waals surface area contributed by atoms with E-state index in [0.717, 1.165) is 29.9 Å². The number of aromatic nitrogens is 2. The third-order valence-corrected chi connectivity index (χ3v) is 6.22. The lowest BCUT2D eigenvalue weighted by Crippen LogP contribution is -2.44. The first-order valence-electron chi connectivity index (χ1n) is 12.0. The number of carbonyl (C=O) groups is 2. The van der Waals surface area contributed by atoms with Crippen molar-refractivity contribution in [3.05, 3.63) is 78.1 Å². The molecule has 3 aromatic rings. The van der Waals surface area contributed by atoms with Gasteiger partial charge in [0.15, 0.2) is 5.82 Å². The number of carbonyl (C=O) groups excluding carboxylic acids is 2. The Morgan fingerprint density at radius 3 is 2.37 bits per heavy atom. The summed E-state index contributed by atoms with van der Waals surface area (Å²) in [5.74, 6) is 0.385. The van der Waals surface area contributed by atoms with Crippen LogP contribution in [-0.4, -0.2) is 71.1 Å². The highest BCUT2D eigenvalue weighted by Gasteiger charge is 2.23. The van der Waals surface area contributed by atoms with Gasteiger partial charge in [0.1, 0.15) is 5.82 Å². The summed E-state index contributed by atoms with van der Waals surface area (Å²) in [7, 11) is 0. The first-order chi connectivity index (χ1) is 17.0. The second kappa shape index (κ2) is 11.6. The Bertz CT molecular complexity index is 1120. The minimum absolute atomic E-state index is 0.0344. The maximum absolute atomic E-state index is 13.2. The average molecular weight is 476 g/mol. The fourth-order valence-electron chi connectivity index (χ4n) is 4.19. The Hall–Kier alpha value is -3.81. The SMILES string of the molecule is CCN(CC(=O)N1CCCN(c2ccc(-c3ccc(F)cc3)nn2)CC1)C(=O)Cc1ccccc1. The summed E-state index contributed by atoms with van der Waals surface area (Å²) in [5.41, 5.74) is 2.43. The van der Waals surface area contributed by atoms with Crippen LogP contribution in [0.5, 0.6) is 0 Å². The molecule has 0 N–H and O–H groups in total. The zero-order chi connectivity index (χ0) is 24.6. The van der Waals surface area contributed by atoms with Gasteiger partial charge in [-0.1, -0.05) is 30.3 Å². The molecule has 1 aliphatic rings. The highest BCUT2D eigenvalue weighted by molar-refractivity contribution is 5.86. The van der Waals surface area contributed by atoms with Crippen molar-refractivity contribution < 1.29 is 14.0 Å². The molecule has 0 saturated carbocycles. The molecule has 4 rings (SSSR count). The van der Waals surface area contributed by atoms with E-state index in [2.05, 4.69) is 15.1 Å². The molecule has 1 aromatic heterocycles. The monoisotopic (exact) mass is 475 g/mol. The van der Waals surface area contributed by atoms with E-state index in [0.29, 0.717) is 38.3 Å². The van der Waals surface area contributed by atoms with Crippen molar-refractivity contribution >= 4 is 17.6 Å². The molecule has 2 heterocycles. The topological polar surface area (TPSA) is 69.6 Å². The Balaban J connectivity index is 1.32. The van der Waals surface area contributed by atoms with Gasteiger partial charge in [-0.25, -0.2) is 4.39 Å². The van der Waals surface area contributed by atoms with Gasteiger partial charge in [0.25, 0.3) is 0 Å². The van der Waals surface area contributed by atoms with Crippen molar-refractivity contribution in [2.45, 2.75) is 19.8 Å². The Kier molecular flexibility index (Phi) is 8.03. The fourth-order valence-corrected chi connectivity index (χ4v) is 4.19. The van der Waals surface area contributed by atoms with Crippen LogP contribution < -0.4 is 4.90 Å². The Morgan fingerprint density at radius 1 is 0.914 bits per heavy atom. The Labute approximate surface area is 205 Å². The van der Waals surface area contributed by atoms with E-state index in [9.17, 15) is 14.0 Å². The van der Waals surface area contributed by atoms with Crippen molar-refractivity contribution in [3.63, 3.8) is 0 Å². The number of halogens is 1. The van der Waals surface area contributed by atoms with Gasteiger partial charge < -0.3 is 14.7 Å². The van der Waals surface area contributed by atoms with Gasteiger partial charge in [-0.05, 0) is 55.3 Å². The molecule has 0 unspecified atom stereocenters. The molecule has 0 aliphatic carbocycles. The number of nitrogens with zero attached hydrogens (tertiary/aromatic N) is 5. The quantitative estimate of drug-likeness (QED) is 0.524. The van der Waals surface area contributed by atoms with Crippen LogP contribution in [0.4, 0.5) is 10.2 Å². The number of anilines is 1. The third kappa shape index (κ3) is 6.41. The maximum Gasteiger partial charge on any atom is 0.242 e. The van der Waals surface area contributed by atoms with Gasteiger partial charge in [0.2, 0.25) is 11.8 Å². The molecule has 1 saturated heterocycles. The lowest BCUT2D eigenvalue weighted by atomic mass is 10.1. The second-order valence-electron chi connectivity index (χ2n) is 8.58. The summed E-state index contributed by atoms with van der Waals surface area (Å²) in [6.07, 6.45) is 1.10. The lowest BCUT2D eigenvalue weighted by Gasteiger charge is -2.26. The van der Waals surface area contributed by atoms with E-state index in [1.807, 2.05) is 54.3 Å². The molecule has 8 heteroatoms. The van der Waals surface area contributed by atoms with E-state index in [1.165, 1.54) is 12.1 Å². The van der Waals surface area contributed by atoms with Crippen LogP contribution in [0, 0.1) is 5.82 Å². The second-order valence-corrected chi connectivity index (χ2v) is 8.58. The predicted octanol–water partition coefficient (Wildman–Crippen LogP) is 3.41. The molecule has 0 radical (unpaired) electrons. The molecule has 1 fully saturated rings. The number of amides is 2. The molecule has 0 bridgehead atoms. The van der Waals surface area contributed by atoms with Gasteiger partial charge in [-0.3, -0.25) is 9.59 Å². The molecule has 0 spiro atoms. The lowest BCUT2D eigenvalue weighted by molar-refractivity contribution is -0.139. The van der Waals surface area contributed by atoms with Crippen molar-refractivity contribution in [1.82, 2.24) is 20.0 Å². The summed E-state index contributed by atoms with van der Waals surface area (Å²) in [6, 6.07) is 19.5.